The zero-order chi connectivity index (χ0) is 20.7. The highest BCUT2D eigenvalue weighted by atomic mass is 16.4. The molecular weight excluding hydrogens is 352 g/mol. The number of anilines is 1. The topological polar surface area (TPSA) is 145 Å². The Hall–Kier alpha value is -2.65. The predicted molar refractivity (Wildman–Crippen MR) is 101 cm³/mol. The molecule has 0 aliphatic rings. The van der Waals surface area contributed by atoms with E-state index in [0.717, 1.165) is 4.90 Å². The largest absolute Gasteiger partial charge is 0.465 e. The molecule has 6 N–H and O–H groups in total. The molecule has 0 saturated carbocycles. The molecule has 0 aliphatic heterocycles. The number of carbonyl (C=O) groups is 3. The number of carbonyl (C=O) groups excluding carboxylic acids is 2. The van der Waals surface area contributed by atoms with E-state index in [1.807, 2.05) is 13.8 Å². The molecule has 0 fully saturated rings. The number of amides is 3. The van der Waals surface area contributed by atoms with Crippen molar-refractivity contribution in [2.24, 2.45) is 11.7 Å². The van der Waals surface area contributed by atoms with E-state index in [4.69, 9.17) is 10.8 Å². The molecule has 2 atom stereocenters. The van der Waals surface area contributed by atoms with E-state index in [9.17, 15) is 19.5 Å². The van der Waals surface area contributed by atoms with Crippen LogP contribution < -0.4 is 16.4 Å². The van der Waals surface area contributed by atoms with Crippen molar-refractivity contribution in [2.75, 3.05) is 12.4 Å². The average molecular weight is 380 g/mol. The summed E-state index contributed by atoms with van der Waals surface area (Å²) in [5.74, 6) is -0.902. The minimum Gasteiger partial charge on any atom is -0.465 e. The molecule has 0 radical (unpaired) electrons. The number of rotatable bonds is 8. The number of aliphatic hydroxyl groups excluding tert-OH is 1. The van der Waals surface area contributed by atoms with Gasteiger partial charge >= 0.3 is 6.09 Å². The van der Waals surface area contributed by atoms with Gasteiger partial charge in [-0.3, -0.25) is 9.59 Å². The van der Waals surface area contributed by atoms with Gasteiger partial charge in [0.1, 0.15) is 6.04 Å². The highest BCUT2D eigenvalue weighted by molar-refractivity contribution is 5.97. The molecule has 150 valence electrons. The molecule has 0 saturated heterocycles. The minimum atomic E-state index is -1.11. The highest BCUT2D eigenvalue weighted by Crippen LogP contribution is 2.18. The summed E-state index contributed by atoms with van der Waals surface area (Å²) in [6.45, 7) is 4.98. The standard InChI is InChI=1S/C18H28N4O5/c1-10(2)15(19)17(25)20-11(3)16(24)21-14-6-5-12(9-23)13(7-14)8-22(4)18(26)27/h5-7,10-11,15,23H,8-9,19H2,1-4H3,(H,20,25)(H,21,24)(H,26,27)/t11-,15-/m0/s1. The van der Waals surface area contributed by atoms with Gasteiger partial charge < -0.3 is 31.5 Å². The van der Waals surface area contributed by atoms with Crippen molar-refractivity contribution in [1.82, 2.24) is 10.2 Å². The minimum absolute atomic E-state index is 0.0555. The Morgan fingerprint density at radius 2 is 1.78 bits per heavy atom. The van der Waals surface area contributed by atoms with Crippen LogP contribution in [-0.2, 0) is 22.7 Å². The molecule has 27 heavy (non-hydrogen) atoms. The van der Waals surface area contributed by atoms with E-state index >= 15 is 0 Å². The van der Waals surface area contributed by atoms with Crippen LogP contribution >= 0.6 is 0 Å². The molecule has 0 heterocycles. The van der Waals surface area contributed by atoms with Crippen molar-refractivity contribution < 1.29 is 24.6 Å². The first-order valence-electron chi connectivity index (χ1n) is 8.60. The third-order valence-corrected chi connectivity index (χ3v) is 4.15. The van der Waals surface area contributed by atoms with Gasteiger partial charge in [0.25, 0.3) is 0 Å². The molecule has 9 nitrogen and oxygen atoms in total. The summed E-state index contributed by atoms with van der Waals surface area (Å²) in [7, 11) is 1.41. The van der Waals surface area contributed by atoms with Crippen molar-refractivity contribution in [3.63, 3.8) is 0 Å². The Kier molecular flexibility index (Phi) is 8.20. The van der Waals surface area contributed by atoms with Gasteiger partial charge in [0.05, 0.1) is 12.6 Å². The fourth-order valence-corrected chi connectivity index (χ4v) is 2.26. The second kappa shape index (κ2) is 9.89. The summed E-state index contributed by atoms with van der Waals surface area (Å²) in [6.07, 6.45) is -1.11. The fourth-order valence-electron chi connectivity index (χ4n) is 2.26. The maximum absolute atomic E-state index is 12.3. The molecule has 0 aromatic heterocycles. The summed E-state index contributed by atoms with van der Waals surface area (Å²) in [5.41, 5.74) is 7.32. The summed E-state index contributed by atoms with van der Waals surface area (Å²) in [5, 5.41) is 23.7. The van der Waals surface area contributed by atoms with Gasteiger partial charge in [-0.2, -0.15) is 0 Å². The van der Waals surface area contributed by atoms with Crippen molar-refractivity contribution in [2.45, 2.75) is 46.0 Å². The van der Waals surface area contributed by atoms with Gasteiger partial charge in [-0.15, -0.1) is 0 Å². The van der Waals surface area contributed by atoms with Crippen LogP contribution in [0.5, 0.6) is 0 Å². The normalized spacial score (nSPS) is 13.0. The fraction of sp³-hybridized carbons (Fsp3) is 0.500. The van der Waals surface area contributed by atoms with Crippen LogP contribution in [0, 0.1) is 5.92 Å². The lowest BCUT2D eigenvalue weighted by Gasteiger charge is -2.20. The van der Waals surface area contributed by atoms with Crippen molar-refractivity contribution in [1.29, 1.82) is 0 Å². The molecule has 0 aliphatic carbocycles. The zero-order valence-electron chi connectivity index (χ0n) is 16.0. The molecular formula is C18H28N4O5. The first-order chi connectivity index (χ1) is 12.6. The van der Waals surface area contributed by atoms with Crippen LogP contribution in [0.4, 0.5) is 10.5 Å². The van der Waals surface area contributed by atoms with E-state index in [1.54, 1.807) is 25.1 Å². The summed E-state index contributed by atoms with van der Waals surface area (Å²) in [4.78, 5) is 36.4. The lowest BCUT2D eigenvalue weighted by atomic mass is 10.0. The smallest absolute Gasteiger partial charge is 0.407 e. The molecule has 0 unspecified atom stereocenters. The zero-order valence-corrected chi connectivity index (χ0v) is 16.0. The van der Waals surface area contributed by atoms with Crippen molar-refractivity contribution >= 4 is 23.6 Å². The third-order valence-electron chi connectivity index (χ3n) is 4.15. The van der Waals surface area contributed by atoms with Gasteiger partial charge in [0.2, 0.25) is 11.8 Å². The monoisotopic (exact) mass is 380 g/mol. The molecule has 1 rings (SSSR count). The van der Waals surface area contributed by atoms with Gasteiger partial charge in [0.15, 0.2) is 0 Å². The molecule has 0 bridgehead atoms. The maximum Gasteiger partial charge on any atom is 0.407 e. The second-order valence-electron chi connectivity index (χ2n) is 6.77. The number of hydrogen-bond donors (Lipinski definition) is 5. The first-order valence-corrected chi connectivity index (χ1v) is 8.60. The van der Waals surface area contributed by atoms with Crippen LogP contribution in [-0.4, -0.2) is 52.2 Å². The number of aliphatic hydroxyl groups is 1. The Morgan fingerprint density at radius 1 is 1.15 bits per heavy atom. The van der Waals surface area contributed by atoms with Crippen molar-refractivity contribution in [3.8, 4) is 0 Å². The summed E-state index contributed by atoms with van der Waals surface area (Å²) in [6, 6.07) is 3.30. The van der Waals surface area contributed by atoms with Crippen LogP contribution in [0.2, 0.25) is 0 Å². The van der Waals surface area contributed by atoms with E-state index in [1.165, 1.54) is 7.05 Å². The number of hydrogen-bond acceptors (Lipinski definition) is 5. The van der Waals surface area contributed by atoms with Gasteiger partial charge in [-0.25, -0.2) is 4.79 Å². The molecule has 0 spiro atoms. The quantitative estimate of drug-likeness (QED) is 0.449. The van der Waals surface area contributed by atoms with E-state index in [0.29, 0.717) is 16.8 Å². The maximum atomic E-state index is 12.3. The highest BCUT2D eigenvalue weighted by Gasteiger charge is 2.22. The number of nitrogens with two attached hydrogens (primary N) is 1. The molecule has 1 aromatic carbocycles. The SMILES string of the molecule is CC(C)[C@H](N)C(=O)N[C@@H](C)C(=O)Nc1ccc(CO)c(CN(C)C(=O)O)c1. The Morgan fingerprint density at radius 3 is 2.30 bits per heavy atom. The Labute approximate surface area is 158 Å². The van der Waals surface area contributed by atoms with E-state index in [-0.39, 0.29) is 19.1 Å². The second-order valence-corrected chi connectivity index (χ2v) is 6.77. The van der Waals surface area contributed by atoms with Crippen LogP contribution in [0.3, 0.4) is 0 Å². The summed E-state index contributed by atoms with van der Waals surface area (Å²) >= 11 is 0. The molecule has 3 amide bonds. The summed E-state index contributed by atoms with van der Waals surface area (Å²) < 4.78 is 0. The Bertz CT molecular complexity index is 692. The number of nitrogens with zero attached hydrogens (tertiary/aromatic N) is 1. The average Bonchev–Trinajstić information content (AvgIpc) is 2.60. The lowest BCUT2D eigenvalue weighted by Crippen LogP contribution is -2.50. The lowest BCUT2D eigenvalue weighted by molar-refractivity contribution is -0.127. The Balaban J connectivity index is 2.84. The van der Waals surface area contributed by atoms with Crippen molar-refractivity contribution in [3.05, 3.63) is 29.3 Å². The van der Waals surface area contributed by atoms with Crippen LogP contribution in [0.1, 0.15) is 31.9 Å². The molecule has 9 heteroatoms. The first kappa shape index (κ1) is 22.4. The number of benzene rings is 1. The number of carboxylic acid groups (broad SMARTS) is 1. The van der Waals surface area contributed by atoms with Gasteiger partial charge in [-0.1, -0.05) is 19.9 Å². The van der Waals surface area contributed by atoms with Crippen LogP contribution in [0.25, 0.3) is 0 Å². The predicted octanol–water partition coefficient (Wildman–Crippen LogP) is 0.715. The molecule has 1 aromatic rings. The van der Waals surface area contributed by atoms with Gasteiger partial charge in [-0.05, 0) is 36.1 Å². The van der Waals surface area contributed by atoms with Crippen LogP contribution in [0.15, 0.2) is 18.2 Å². The van der Waals surface area contributed by atoms with E-state index in [2.05, 4.69) is 10.6 Å². The van der Waals surface area contributed by atoms with Gasteiger partial charge in [0, 0.05) is 19.3 Å². The van der Waals surface area contributed by atoms with E-state index < -0.39 is 30.0 Å². The number of nitrogens with one attached hydrogen (secondary N) is 2. The third kappa shape index (κ3) is 6.54.